The van der Waals surface area contributed by atoms with Crippen molar-refractivity contribution in [3.05, 3.63) is 53.9 Å². The molecule has 0 unspecified atom stereocenters. The van der Waals surface area contributed by atoms with E-state index in [4.69, 9.17) is 4.74 Å². The zero-order valence-electron chi connectivity index (χ0n) is 14.3. The van der Waals surface area contributed by atoms with Gasteiger partial charge in [-0.2, -0.15) is 0 Å². The fourth-order valence-electron chi connectivity index (χ4n) is 2.26. The second-order valence-electron chi connectivity index (χ2n) is 5.60. The molecule has 1 aromatic carbocycles. The SMILES string of the molecule is CCCCCNc1ccc(C(=O)NCc2ccc(OC)cc2)nc1. The topological polar surface area (TPSA) is 63.2 Å². The zero-order valence-corrected chi connectivity index (χ0v) is 14.3. The number of anilines is 1. The Hall–Kier alpha value is -2.56. The maximum Gasteiger partial charge on any atom is 0.270 e. The van der Waals surface area contributed by atoms with Crippen molar-refractivity contribution >= 4 is 11.6 Å². The molecule has 0 aliphatic rings. The van der Waals surface area contributed by atoms with E-state index < -0.39 is 0 Å². The molecule has 0 radical (unpaired) electrons. The summed E-state index contributed by atoms with van der Waals surface area (Å²) in [6.07, 6.45) is 5.26. The van der Waals surface area contributed by atoms with E-state index in [2.05, 4.69) is 22.5 Å². The molecule has 0 aliphatic heterocycles. The number of aromatic nitrogens is 1. The summed E-state index contributed by atoms with van der Waals surface area (Å²) in [5, 5.41) is 6.18. The number of ether oxygens (including phenoxy) is 1. The second kappa shape index (κ2) is 9.55. The van der Waals surface area contributed by atoms with Crippen molar-refractivity contribution in [2.24, 2.45) is 0 Å². The van der Waals surface area contributed by atoms with Crippen LogP contribution in [0.1, 0.15) is 42.2 Å². The molecule has 5 nitrogen and oxygen atoms in total. The summed E-state index contributed by atoms with van der Waals surface area (Å²) < 4.78 is 5.11. The van der Waals surface area contributed by atoms with Gasteiger partial charge in [0.05, 0.1) is 19.0 Å². The van der Waals surface area contributed by atoms with Crippen molar-refractivity contribution in [2.45, 2.75) is 32.7 Å². The van der Waals surface area contributed by atoms with E-state index in [0.717, 1.165) is 30.0 Å². The quantitative estimate of drug-likeness (QED) is 0.691. The van der Waals surface area contributed by atoms with Crippen molar-refractivity contribution in [1.29, 1.82) is 0 Å². The minimum absolute atomic E-state index is 0.177. The van der Waals surface area contributed by atoms with Gasteiger partial charge in [-0.25, -0.2) is 4.98 Å². The summed E-state index contributed by atoms with van der Waals surface area (Å²) in [5.74, 6) is 0.622. The highest BCUT2D eigenvalue weighted by Gasteiger charge is 2.07. The van der Waals surface area contributed by atoms with Gasteiger partial charge < -0.3 is 15.4 Å². The highest BCUT2D eigenvalue weighted by Crippen LogP contribution is 2.11. The van der Waals surface area contributed by atoms with Crippen LogP contribution in [0.2, 0.25) is 0 Å². The van der Waals surface area contributed by atoms with E-state index in [1.807, 2.05) is 30.3 Å². The van der Waals surface area contributed by atoms with Crippen LogP contribution in [0.5, 0.6) is 5.75 Å². The molecule has 2 N–H and O–H groups in total. The number of methoxy groups -OCH3 is 1. The van der Waals surface area contributed by atoms with E-state index in [1.165, 1.54) is 12.8 Å². The smallest absolute Gasteiger partial charge is 0.270 e. The summed E-state index contributed by atoms with van der Waals surface area (Å²) in [7, 11) is 1.63. The lowest BCUT2D eigenvalue weighted by Crippen LogP contribution is -2.23. The van der Waals surface area contributed by atoms with Gasteiger partial charge in [-0.1, -0.05) is 31.9 Å². The lowest BCUT2D eigenvalue weighted by Gasteiger charge is -2.08. The van der Waals surface area contributed by atoms with Gasteiger partial charge in [-0.3, -0.25) is 4.79 Å². The summed E-state index contributed by atoms with van der Waals surface area (Å²) in [6.45, 7) is 3.57. The van der Waals surface area contributed by atoms with Crippen LogP contribution >= 0.6 is 0 Å². The maximum atomic E-state index is 12.1. The van der Waals surface area contributed by atoms with Gasteiger partial charge in [-0.15, -0.1) is 0 Å². The Labute approximate surface area is 143 Å². The molecule has 1 heterocycles. The summed E-state index contributed by atoms with van der Waals surface area (Å²) in [5.41, 5.74) is 2.37. The lowest BCUT2D eigenvalue weighted by atomic mass is 10.2. The molecule has 24 heavy (non-hydrogen) atoms. The third-order valence-electron chi connectivity index (χ3n) is 3.72. The lowest BCUT2D eigenvalue weighted by molar-refractivity contribution is 0.0946. The van der Waals surface area contributed by atoms with Gasteiger partial charge in [0.1, 0.15) is 11.4 Å². The normalized spacial score (nSPS) is 10.2. The fourth-order valence-corrected chi connectivity index (χ4v) is 2.26. The number of carbonyl (C=O) groups is 1. The molecule has 0 bridgehead atoms. The van der Waals surface area contributed by atoms with Crippen LogP contribution in [-0.4, -0.2) is 24.5 Å². The molecule has 0 aliphatic carbocycles. The van der Waals surface area contributed by atoms with Crippen LogP contribution in [0.3, 0.4) is 0 Å². The van der Waals surface area contributed by atoms with Crippen molar-refractivity contribution in [2.75, 3.05) is 19.0 Å². The number of benzene rings is 1. The first kappa shape index (κ1) is 17.8. The van der Waals surface area contributed by atoms with Gasteiger partial charge >= 0.3 is 0 Å². The fraction of sp³-hybridized carbons (Fsp3) is 0.368. The molecule has 0 atom stereocenters. The molecular weight excluding hydrogens is 302 g/mol. The van der Waals surface area contributed by atoms with E-state index in [0.29, 0.717) is 12.2 Å². The molecule has 2 aromatic rings. The highest BCUT2D eigenvalue weighted by atomic mass is 16.5. The third-order valence-corrected chi connectivity index (χ3v) is 3.72. The monoisotopic (exact) mass is 327 g/mol. The second-order valence-corrected chi connectivity index (χ2v) is 5.60. The molecule has 1 aromatic heterocycles. The van der Waals surface area contributed by atoms with Crippen LogP contribution in [-0.2, 0) is 6.54 Å². The minimum atomic E-state index is -0.177. The molecule has 5 heteroatoms. The molecule has 0 saturated heterocycles. The average molecular weight is 327 g/mol. The largest absolute Gasteiger partial charge is 0.497 e. The van der Waals surface area contributed by atoms with Gasteiger partial charge in [-0.05, 0) is 36.2 Å². The van der Waals surface area contributed by atoms with Gasteiger partial charge in [0.2, 0.25) is 0 Å². The van der Waals surface area contributed by atoms with Crippen LogP contribution in [0, 0.1) is 0 Å². The average Bonchev–Trinajstić information content (AvgIpc) is 2.64. The van der Waals surface area contributed by atoms with Crippen LogP contribution in [0.4, 0.5) is 5.69 Å². The predicted molar refractivity (Wildman–Crippen MR) is 96.4 cm³/mol. The number of nitrogens with zero attached hydrogens (tertiary/aromatic N) is 1. The van der Waals surface area contributed by atoms with Crippen LogP contribution in [0.25, 0.3) is 0 Å². The Morgan fingerprint density at radius 1 is 1.12 bits per heavy atom. The van der Waals surface area contributed by atoms with E-state index in [9.17, 15) is 4.79 Å². The standard InChI is InChI=1S/C19H25N3O2/c1-3-4-5-12-20-16-8-11-18(21-14-16)19(23)22-13-15-6-9-17(24-2)10-7-15/h6-11,14,20H,3-5,12-13H2,1-2H3,(H,22,23). The number of hydrogen-bond donors (Lipinski definition) is 2. The first-order valence-electron chi connectivity index (χ1n) is 8.34. The van der Waals surface area contributed by atoms with E-state index >= 15 is 0 Å². The summed E-state index contributed by atoms with van der Waals surface area (Å²) in [6, 6.07) is 11.2. The molecular formula is C19H25N3O2. The van der Waals surface area contributed by atoms with Gasteiger partial charge in [0.25, 0.3) is 5.91 Å². The van der Waals surface area contributed by atoms with Crippen LogP contribution < -0.4 is 15.4 Å². The van der Waals surface area contributed by atoms with E-state index in [-0.39, 0.29) is 5.91 Å². The number of rotatable bonds is 9. The van der Waals surface area contributed by atoms with Gasteiger partial charge in [0.15, 0.2) is 0 Å². The Morgan fingerprint density at radius 2 is 1.92 bits per heavy atom. The Bertz CT molecular complexity index is 624. The molecule has 0 spiro atoms. The van der Waals surface area contributed by atoms with Crippen LogP contribution in [0.15, 0.2) is 42.6 Å². The number of nitrogens with one attached hydrogen (secondary N) is 2. The van der Waals surface area contributed by atoms with Crippen molar-refractivity contribution in [3.63, 3.8) is 0 Å². The molecule has 1 amide bonds. The van der Waals surface area contributed by atoms with Crippen molar-refractivity contribution in [1.82, 2.24) is 10.3 Å². The Balaban J connectivity index is 1.81. The van der Waals surface area contributed by atoms with Crippen molar-refractivity contribution in [3.8, 4) is 5.75 Å². The summed E-state index contributed by atoms with van der Waals surface area (Å²) >= 11 is 0. The first-order valence-corrected chi connectivity index (χ1v) is 8.34. The highest BCUT2D eigenvalue weighted by molar-refractivity contribution is 5.92. The van der Waals surface area contributed by atoms with Crippen molar-refractivity contribution < 1.29 is 9.53 Å². The summed E-state index contributed by atoms with van der Waals surface area (Å²) in [4.78, 5) is 16.4. The number of hydrogen-bond acceptors (Lipinski definition) is 4. The third kappa shape index (κ3) is 5.57. The Morgan fingerprint density at radius 3 is 2.54 bits per heavy atom. The number of carbonyl (C=O) groups excluding carboxylic acids is 1. The zero-order chi connectivity index (χ0) is 17.2. The minimum Gasteiger partial charge on any atom is -0.497 e. The van der Waals surface area contributed by atoms with Gasteiger partial charge in [0, 0.05) is 13.1 Å². The Kier molecular flexibility index (Phi) is 7.08. The number of pyridine rings is 1. The van der Waals surface area contributed by atoms with E-state index in [1.54, 1.807) is 19.4 Å². The molecule has 0 fully saturated rings. The number of unbranched alkanes of at least 4 members (excludes halogenated alkanes) is 2. The molecule has 128 valence electrons. The predicted octanol–water partition coefficient (Wildman–Crippen LogP) is 3.62. The first-order chi connectivity index (χ1) is 11.7. The molecule has 0 saturated carbocycles. The number of amides is 1. The molecule has 2 rings (SSSR count). The maximum absolute atomic E-state index is 12.1.